The normalized spacial score (nSPS) is 17.2. The van der Waals surface area contributed by atoms with E-state index in [0.717, 1.165) is 48.4 Å². The van der Waals surface area contributed by atoms with E-state index in [1.54, 1.807) is 12.1 Å². The molecule has 4 aromatic carbocycles. The number of amides is 1. The summed E-state index contributed by atoms with van der Waals surface area (Å²) in [4.78, 5) is 48.3. The van der Waals surface area contributed by atoms with Crippen LogP contribution in [0.4, 0.5) is 17.3 Å². The van der Waals surface area contributed by atoms with Crippen molar-refractivity contribution in [1.82, 2.24) is 25.3 Å². The highest BCUT2D eigenvalue weighted by Gasteiger charge is 2.57. The molecule has 0 atom stereocenters. The number of nitrogens with one attached hydrogen (secondary N) is 3. The first-order valence-electron chi connectivity index (χ1n) is 19.2. The number of hydrogen-bond donors (Lipinski definition) is 4. The highest BCUT2D eigenvalue weighted by molar-refractivity contribution is 7.01. The van der Waals surface area contributed by atoms with Crippen molar-refractivity contribution in [3.05, 3.63) is 124 Å². The number of hydrogen-bond acceptors (Lipinski definition) is 10. The molecule has 56 heavy (non-hydrogen) atoms. The number of ketones is 1. The van der Waals surface area contributed by atoms with E-state index in [0.29, 0.717) is 40.3 Å². The van der Waals surface area contributed by atoms with Crippen molar-refractivity contribution in [1.29, 1.82) is 5.41 Å². The molecule has 0 saturated carbocycles. The van der Waals surface area contributed by atoms with E-state index >= 15 is 0 Å². The number of H-pyrrole nitrogens is 1. The number of ether oxygens (including phenoxy) is 1. The van der Waals surface area contributed by atoms with Crippen molar-refractivity contribution in [2.45, 2.75) is 44.5 Å². The number of nitrogens with two attached hydrogens (primary N) is 1. The molecule has 3 aliphatic heterocycles. The summed E-state index contributed by atoms with van der Waals surface area (Å²) < 4.78 is 5.93. The lowest BCUT2D eigenvalue weighted by atomic mass is 9.68. The third-order valence-electron chi connectivity index (χ3n) is 12.3. The van der Waals surface area contributed by atoms with Crippen LogP contribution in [0.1, 0.15) is 61.4 Å². The second-order valence-corrected chi connectivity index (χ2v) is 20.1. The van der Waals surface area contributed by atoms with E-state index in [1.807, 2.05) is 30.3 Å². The molecule has 6 aromatic rings. The molecular formula is C43H41N9O3Si. The Bertz CT molecular complexity index is 2560. The van der Waals surface area contributed by atoms with Crippen LogP contribution in [-0.4, -0.2) is 71.6 Å². The van der Waals surface area contributed by atoms with Crippen LogP contribution in [0.25, 0.3) is 11.2 Å². The Balaban J connectivity index is 0.960. The van der Waals surface area contributed by atoms with Gasteiger partial charge in [-0.25, -0.2) is 4.98 Å². The summed E-state index contributed by atoms with van der Waals surface area (Å²) >= 11 is 0. The van der Waals surface area contributed by atoms with Gasteiger partial charge in [0.15, 0.2) is 5.65 Å². The molecule has 0 bridgehead atoms. The average molecular weight is 760 g/mol. The molecule has 12 nitrogen and oxygen atoms in total. The molecule has 280 valence electrons. The smallest absolute Gasteiger partial charge is 0.251 e. The van der Waals surface area contributed by atoms with E-state index in [4.69, 9.17) is 10.5 Å². The minimum atomic E-state index is -2.32. The van der Waals surface area contributed by atoms with Gasteiger partial charge in [0.25, 0.3) is 5.91 Å². The number of rotatable bonds is 8. The van der Waals surface area contributed by atoms with Gasteiger partial charge in [-0.15, -0.1) is 0 Å². The number of Topliss-reactive ketones (excluding diaryl/α,β-unsaturated/α-hetero) is 1. The molecule has 2 saturated heterocycles. The largest absolute Gasteiger partial charge is 0.471 e. The zero-order valence-corrected chi connectivity index (χ0v) is 32.3. The van der Waals surface area contributed by atoms with Crippen LogP contribution in [0, 0.1) is 5.41 Å². The molecule has 1 aliphatic carbocycles. The number of benzene rings is 4. The van der Waals surface area contributed by atoms with Gasteiger partial charge in [0, 0.05) is 55.2 Å². The van der Waals surface area contributed by atoms with Gasteiger partial charge < -0.3 is 30.6 Å². The van der Waals surface area contributed by atoms with Gasteiger partial charge in [0.1, 0.15) is 20.2 Å². The van der Waals surface area contributed by atoms with E-state index in [1.165, 1.54) is 40.9 Å². The Kier molecular flexibility index (Phi) is 7.69. The van der Waals surface area contributed by atoms with Crippen LogP contribution in [0.2, 0.25) is 13.1 Å². The number of nitrogen functional groups attached to an aromatic ring is 1. The fourth-order valence-corrected chi connectivity index (χ4v) is 12.1. The molecule has 0 unspecified atom stereocenters. The van der Waals surface area contributed by atoms with Crippen LogP contribution >= 0.6 is 0 Å². The maximum absolute atomic E-state index is 14.2. The Morgan fingerprint density at radius 3 is 2.14 bits per heavy atom. The fraction of sp³-hybridized carbons (Fsp3) is 0.256. The van der Waals surface area contributed by atoms with Crippen LogP contribution in [0.15, 0.2) is 85.2 Å². The van der Waals surface area contributed by atoms with E-state index in [2.05, 4.69) is 84.5 Å². The summed E-state index contributed by atoms with van der Waals surface area (Å²) in [5.41, 5.74) is 13.6. The quantitative estimate of drug-likeness (QED) is 0.163. The van der Waals surface area contributed by atoms with Crippen molar-refractivity contribution >= 4 is 64.3 Å². The summed E-state index contributed by atoms with van der Waals surface area (Å²) in [6, 6.07) is 26.4. The topological polar surface area (TPSA) is 166 Å². The molecular weight excluding hydrogens is 719 g/mol. The Labute approximate surface area is 324 Å². The highest BCUT2D eigenvalue weighted by atomic mass is 28.3. The van der Waals surface area contributed by atoms with Crippen molar-refractivity contribution in [2.75, 3.05) is 41.7 Å². The zero-order chi connectivity index (χ0) is 38.3. The predicted octanol–water partition coefficient (Wildman–Crippen LogP) is 4.55. The van der Waals surface area contributed by atoms with Gasteiger partial charge in [0.2, 0.25) is 17.6 Å². The third-order valence-corrected chi connectivity index (χ3v) is 15.8. The highest BCUT2D eigenvalue weighted by Crippen LogP contribution is 2.50. The predicted molar refractivity (Wildman–Crippen MR) is 220 cm³/mol. The lowest BCUT2D eigenvalue weighted by Crippen LogP contribution is -2.64. The first-order valence-corrected chi connectivity index (χ1v) is 22.2. The molecule has 10 rings (SSSR count). The Morgan fingerprint density at radius 1 is 0.875 bits per heavy atom. The number of imidazole rings is 1. The molecule has 0 radical (unpaired) electrons. The van der Waals surface area contributed by atoms with Gasteiger partial charge >= 0.3 is 0 Å². The third kappa shape index (κ3) is 5.10. The summed E-state index contributed by atoms with van der Waals surface area (Å²) in [5, 5.41) is 15.3. The van der Waals surface area contributed by atoms with Gasteiger partial charge in [-0.05, 0) is 93.5 Å². The maximum atomic E-state index is 14.2. The SMILES string of the molecule is C[Si]1(C)c2cc(N3CCC3)ccc2C2(C(=N)C(=O)c3ccc(C(=O)NCc4ccc(COc5nc(N)nc6nc[nH]c56)cc4)cc32)c2ccc(N3CCC3)cc21. The first-order chi connectivity index (χ1) is 27.1. The maximum Gasteiger partial charge on any atom is 0.251 e. The van der Waals surface area contributed by atoms with E-state index < -0.39 is 13.5 Å². The van der Waals surface area contributed by atoms with Crippen LogP contribution in [0.5, 0.6) is 5.88 Å². The van der Waals surface area contributed by atoms with Crippen molar-refractivity contribution in [3.8, 4) is 5.88 Å². The number of aromatic amines is 1. The number of fused-ring (bicyclic) bond motifs is 7. The van der Waals surface area contributed by atoms with E-state index in [-0.39, 0.29) is 30.0 Å². The average Bonchev–Trinajstić information content (AvgIpc) is 3.71. The standard InChI is InChI=1S/C43H41N9O3Si/c1-56(2)34-20-28(51-15-3-16-51)10-13-31(34)43(32-14-11-29(21-35(32)56)52-17-4-18-52)33-19-27(9-12-30(33)37(53)38(43)44)40(54)46-22-25-5-7-26(8-6-25)23-55-41-36-39(48-24-47-36)49-42(45)50-41/h5-14,19-21,24,44H,3-4,15-18,22-23H2,1-2H3,(H,46,54)(H3,45,47,48,49,50). The minimum absolute atomic E-state index is 0.0479. The van der Waals surface area contributed by atoms with Crippen LogP contribution < -0.4 is 36.0 Å². The molecule has 2 fully saturated rings. The van der Waals surface area contributed by atoms with Gasteiger partial charge in [0.05, 0.1) is 17.5 Å². The van der Waals surface area contributed by atoms with Crippen LogP contribution in [-0.2, 0) is 18.6 Å². The van der Waals surface area contributed by atoms with Crippen molar-refractivity contribution in [3.63, 3.8) is 0 Å². The minimum Gasteiger partial charge on any atom is -0.471 e. The monoisotopic (exact) mass is 759 g/mol. The number of carbonyl (C=O) groups is 2. The number of anilines is 3. The summed E-state index contributed by atoms with van der Waals surface area (Å²) in [7, 11) is -2.32. The fourth-order valence-electron chi connectivity index (χ4n) is 8.89. The summed E-state index contributed by atoms with van der Waals surface area (Å²) in [5.74, 6) is -0.128. The molecule has 2 aromatic heterocycles. The molecule has 4 aliphatic rings. The van der Waals surface area contributed by atoms with E-state index in [9.17, 15) is 15.0 Å². The second-order valence-electron chi connectivity index (χ2n) is 15.8. The van der Waals surface area contributed by atoms with Crippen LogP contribution in [0.3, 0.4) is 0 Å². The zero-order valence-electron chi connectivity index (χ0n) is 31.3. The lowest BCUT2D eigenvalue weighted by molar-refractivity contribution is 0.0950. The molecule has 1 spiro atoms. The Hall–Kier alpha value is -6.34. The number of aromatic nitrogens is 4. The summed E-state index contributed by atoms with van der Waals surface area (Å²) in [6.45, 7) is 9.49. The summed E-state index contributed by atoms with van der Waals surface area (Å²) in [6.07, 6.45) is 3.88. The Morgan fingerprint density at radius 2 is 1.52 bits per heavy atom. The molecule has 1 amide bonds. The van der Waals surface area contributed by atoms with Gasteiger partial charge in [-0.3, -0.25) is 15.0 Å². The van der Waals surface area contributed by atoms with Crippen molar-refractivity contribution in [2.24, 2.45) is 0 Å². The first kappa shape index (κ1) is 34.2. The molecule has 5 N–H and O–H groups in total. The second kappa shape index (κ2) is 12.6. The lowest BCUT2D eigenvalue weighted by Gasteiger charge is -2.46. The number of nitrogens with zero attached hydrogens (tertiary/aromatic N) is 5. The van der Waals surface area contributed by atoms with Gasteiger partial charge in [-0.2, -0.15) is 9.97 Å². The molecule has 13 heteroatoms. The van der Waals surface area contributed by atoms with Gasteiger partial charge in [-0.1, -0.05) is 49.5 Å². The van der Waals surface area contributed by atoms with Crippen molar-refractivity contribution < 1.29 is 14.3 Å². The molecule has 5 heterocycles. The number of carbonyl (C=O) groups excluding carboxylic acids is 2.